The summed E-state index contributed by atoms with van der Waals surface area (Å²) in [5.41, 5.74) is 8.88. The number of hydrogen-bond acceptors (Lipinski definition) is 2. The summed E-state index contributed by atoms with van der Waals surface area (Å²) in [6, 6.07) is 8.10. The highest BCUT2D eigenvalue weighted by Crippen LogP contribution is 2.26. The lowest BCUT2D eigenvalue weighted by molar-refractivity contribution is 0.298. The number of aryl methyl sites for hydroxylation is 2. The Morgan fingerprint density at radius 3 is 2.63 bits per heavy atom. The molecule has 0 aliphatic carbocycles. The molecule has 0 aromatic heterocycles. The maximum Gasteiger partial charge on any atom is 0.129 e. The Hall–Kier alpha value is -1.74. The number of benzene rings is 2. The lowest BCUT2D eigenvalue weighted by Gasteiger charge is -2.12. The average molecular weight is 280 g/mol. The molecule has 0 aliphatic heterocycles. The molecule has 19 heavy (non-hydrogen) atoms. The maximum atomic E-state index is 13.6. The zero-order valence-electron chi connectivity index (χ0n) is 10.8. The van der Waals surface area contributed by atoms with E-state index >= 15 is 0 Å². The topological polar surface area (TPSA) is 35.2 Å². The van der Waals surface area contributed by atoms with Gasteiger partial charge in [0.1, 0.15) is 18.2 Å². The third-order valence-electron chi connectivity index (χ3n) is 2.95. The van der Waals surface area contributed by atoms with Gasteiger partial charge < -0.3 is 10.5 Å². The van der Waals surface area contributed by atoms with Gasteiger partial charge in [-0.15, -0.1) is 0 Å². The standard InChI is InChI=1S/C15H15ClFNO/c1-9-5-10(2)15(7-14(9)18)19-8-11-6-12(16)3-4-13(11)17/h3-7H,8,18H2,1-2H3. The van der Waals surface area contributed by atoms with Crippen molar-refractivity contribution in [2.75, 3.05) is 5.73 Å². The molecule has 0 spiro atoms. The molecule has 2 rings (SSSR count). The largest absolute Gasteiger partial charge is 0.488 e. The molecule has 2 aromatic carbocycles. The van der Waals surface area contributed by atoms with Crippen molar-refractivity contribution in [2.24, 2.45) is 0 Å². The lowest BCUT2D eigenvalue weighted by Crippen LogP contribution is -2.01. The van der Waals surface area contributed by atoms with Crippen molar-refractivity contribution in [3.63, 3.8) is 0 Å². The highest BCUT2D eigenvalue weighted by atomic mass is 35.5. The van der Waals surface area contributed by atoms with Gasteiger partial charge in [-0.1, -0.05) is 17.7 Å². The summed E-state index contributed by atoms with van der Waals surface area (Å²) < 4.78 is 19.2. The molecule has 0 atom stereocenters. The van der Waals surface area contributed by atoms with Gasteiger partial charge in [0.05, 0.1) is 0 Å². The van der Waals surface area contributed by atoms with Crippen LogP contribution < -0.4 is 10.5 Å². The summed E-state index contributed by atoms with van der Waals surface area (Å²) in [5.74, 6) is 0.324. The number of hydrogen-bond donors (Lipinski definition) is 1. The quantitative estimate of drug-likeness (QED) is 0.852. The Bertz CT molecular complexity index is 613. The summed E-state index contributed by atoms with van der Waals surface area (Å²) >= 11 is 5.83. The Morgan fingerprint density at radius 1 is 1.16 bits per heavy atom. The van der Waals surface area contributed by atoms with Gasteiger partial charge in [-0.2, -0.15) is 0 Å². The van der Waals surface area contributed by atoms with Crippen LogP contribution in [-0.4, -0.2) is 0 Å². The molecule has 0 saturated heterocycles. The Morgan fingerprint density at radius 2 is 1.89 bits per heavy atom. The van der Waals surface area contributed by atoms with E-state index in [1.54, 1.807) is 12.1 Å². The third-order valence-corrected chi connectivity index (χ3v) is 3.19. The van der Waals surface area contributed by atoms with Crippen LogP contribution in [-0.2, 0) is 6.61 Å². The molecule has 0 radical (unpaired) electrons. The van der Waals surface area contributed by atoms with Gasteiger partial charge in [0.2, 0.25) is 0 Å². The molecule has 0 heterocycles. The van der Waals surface area contributed by atoms with Gasteiger partial charge in [0.25, 0.3) is 0 Å². The highest BCUT2D eigenvalue weighted by molar-refractivity contribution is 6.30. The van der Waals surface area contributed by atoms with Crippen molar-refractivity contribution in [3.05, 3.63) is 57.9 Å². The molecule has 2 aromatic rings. The molecular formula is C15H15ClFNO. The first-order valence-electron chi connectivity index (χ1n) is 5.91. The molecule has 100 valence electrons. The zero-order chi connectivity index (χ0) is 14.0. The van der Waals surface area contributed by atoms with Gasteiger partial charge >= 0.3 is 0 Å². The average Bonchev–Trinajstić information content (AvgIpc) is 2.36. The van der Waals surface area contributed by atoms with Crippen LogP contribution in [0.3, 0.4) is 0 Å². The van der Waals surface area contributed by atoms with E-state index in [1.807, 2.05) is 19.9 Å². The van der Waals surface area contributed by atoms with E-state index in [1.165, 1.54) is 12.1 Å². The van der Waals surface area contributed by atoms with Crippen LogP contribution >= 0.6 is 11.6 Å². The minimum atomic E-state index is -0.331. The van der Waals surface area contributed by atoms with Crippen LogP contribution in [0.2, 0.25) is 5.02 Å². The fourth-order valence-electron chi connectivity index (χ4n) is 1.81. The van der Waals surface area contributed by atoms with Gasteiger partial charge in [-0.05, 0) is 43.2 Å². The lowest BCUT2D eigenvalue weighted by atomic mass is 10.1. The zero-order valence-corrected chi connectivity index (χ0v) is 11.6. The summed E-state index contributed by atoms with van der Waals surface area (Å²) in [4.78, 5) is 0. The minimum Gasteiger partial charge on any atom is -0.488 e. The predicted molar refractivity (Wildman–Crippen MR) is 76.1 cm³/mol. The summed E-state index contributed by atoms with van der Waals surface area (Å²) in [7, 11) is 0. The van der Waals surface area contributed by atoms with E-state index in [-0.39, 0.29) is 12.4 Å². The van der Waals surface area contributed by atoms with Crippen molar-refractivity contribution in [1.29, 1.82) is 0 Å². The fraction of sp³-hybridized carbons (Fsp3) is 0.200. The molecule has 0 amide bonds. The normalized spacial score (nSPS) is 10.5. The second kappa shape index (κ2) is 5.49. The monoisotopic (exact) mass is 279 g/mol. The van der Waals surface area contributed by atoms with E-state index in [9.17, 15) is 4.39 Å². The number of halogens is 2. The number of ether oxygens (including phenoxy) is 1. The van der Waals surface area contributed by atoms with Crippen LogP contribution in [0.4, 0.5) is 10.1 Å². The van der Waals surface area contributed by atoms with E-state index < -0.39 is 0 Å². The highest BCUT2D eigenvalue weighted by Gasteiger charge is 2.07. The number of nitrogens with two attached hydrogens (primary N) is 1. The van der Waals surface area contributed by atoms with Crippen LogP contribution in [0.1, 0.15) is 16.7 Å². The van der Waals surface area contributed by atoms with Crippen molar-refractivity contribution in [2.45, 2.75) is 20.5 Å². The molecule has 0 fully saturated rings. The third kappa shape index (κ3) is 3.18. The Kier molecular flexibility index (Phi) is 3.96. The molecule has 2 N–H and O–H groups in total. The van der Waals surface area contributed by atoms with Gasteiger partial charge in [-0.25, -0.2) is 4.39 Å². The van der Waals surface area contributed by atoms with Crippen molar-refractivity contribution in [3.8, 4) is 5.75 Å². The molecule has 0 bridgehead atoms. The number of anilines is 1. The van der Waals surface area contributed by atoms with E-state index in [0.29, 0.717) is 22.0 Å². The molecule has 0 aliphatic rings. The SMILES string of the molecule is Cc1cc(C)c(OCc2cc(Cl)ccc2F)cc1N. The van der Waals surface area contributed by atoms with E-state index in [0.717, 1.165) is 11.1 Å². The summed E-state index contributed by atoms with van der Waals surface area (Å²) in [5, 5.41) is 0.486. The number of nitrogen functional groups attached to an aromatic ring is 1. The Balaban J connectivity index is 2.19. The first kappa shape index (κ1) is 13.7. The van der Waals surface area contributed by atoms with Crippen LogP contribution in [0, 0.1) is 19.7 Å². The molecule has 4 heteroatoms. The summed E-state index contributed by atoms with van der Waals surface area (Å²) in [6.45, 7) is 3.98. The van der Waals surface area contributed by atoms with Crippen LogP contribution in [0.25, 0.3) is 0 Å². The predicted octanol–water partition coefficient (Wildman–Crippen LogP) is 4.26. The minimum absolute atomic E-state index is 0.121. The van der Waals surface area contributed by atoms with E-state index in [2.05, 4.69) is 0 Å². The summed E-state index contributed by atoms with van der Waals surface area (Å²) in [6.07, 6.45) is 0. The number of rotatable bonds is 3. The van der Waals surface area contributed by atoms with Crippen LogP contribution in [0.5, 0.6) is 5.75 Å². The fourth-order valence-corrected chi connectivity index (χ4v) is 2.01. The van der Waals surface area contributed by atoms with E-state index in [4.69, 9.17) is 22.1 Å². The van der Waals surface area contributed by atoms with Crippen molar-refractivity contribution in [1.82, 2.24) is 0 Å². The second-order valence-electron chi connectivity index (χ2n) is 4.50. The van der Waals surface area contributed by atoms with Gasteiger partial charge in [0.15, 0.2) is 0 Å². The first-order chi connectivity index (χ1) is 8.97. The molecule has 0 saturated carbocycles. The Labute approximate surface area is 117 Å². The van der Waals surface area contributed by atoms with Gasteiger partial charge in [0, 0.05) is 22.3 Å². The molecule has 2 nitrogen and oxygen atoms in total. The van der Waals surface area contributed by atoms with Crippen molar-refractivity contribution < 1.29 is 9.13 Å². The van der Waals surface area contributed by atoms with Gasteiger partial charge in [-0.3, -0.25) is 0 Å². The first-order valence-corrected chi connectivity index (χ1v) is 6.28. The van der Waals surface area contributed by atoms with Crippen LogP contribution in [0.15, 0.2) is 30.3 Å². The smallest absolute Gasteiger partial charge is 0.129 e. The molecule has 0 unspecified atom stereocenters. The maximum absolute atomic E-state index is 13.6. The second-order valence-corrected chi connectivity index (χ2v) is 4.94. The van der Waals surface area contributed by atoms with Crippen molar-refractivity contribution >= 4 is 17.3 Å². The molecular weight excluding hydrogens is 265 g/mol.